The molecule has 4 heteroatoms. The Kier molecular flexibility index (Phi) is 3.85. The van der Waals surface area contributed by atoms with Gasteiger partial charge >= 0.3 is 0 Å². The number of aromatic nitrogens is 1. The van der Waals surface area contributed by atoms with Gasteiger partial charge in [0.1, 0.15) is 0 Å². The van der Waals surface area contributed by atoms with Gasteiger partial charge < -0.3 is 0 Å². The average molecular weight is 298 g/mol. The normalized spacial score (nSPS) is 21.6. The molecule has 2 rings (SSSR count). The van der Waals surface area contributed by atoms with Crippen molar-refractivity contribution in [2.45, 2.75) is 25.9 Å². The summed E-state index contributed by atoms with van der Waals surface area (Å²) < 4.78 is 1.06. The van der Waals surface area contributed by atoms with Gasteiger partial charge in [-0.05, 0) is 48.5 Å². The van der Waals surface area contributed by atoms with Crippen molar-refractivity contribution in [1.29, 1.82) is 0 Å². The van der Waals surface area contributed by atoms with Crippen LogP contribution >= 0.6 is 15.9 Å². The van der Waals surface area contributed by atoms with Gasteiger partial charge in [-0.2, -0.15) is 0 Å². The number of likely N-dealkylation sites (N-methyl/N-ethyl adjacent to an activating group) is 1. The number of pyridine rings is 1. The number of rotatable bonds is 2. The zero-order chi connectivity index (χ0) is 12.5. The molecule has 1 saturated heterocycles. The predicted octanol–water partition coefficient (Wildman–Crippen LogP) is 2.37. The van der Waals surface area contributed by atoms with Crippen LogP contribution in [0.2, 0.25) is 0 Å². The van der Waals surface area contributed by atoms with E-state index in [1.165, 1.54) is 5.56 Å². The molecule has 94 valence electrons. The molecule has 0 saturated carbocycles. The summed E-state index contributed by atoms with van der Waals surface area (Å²) in [6.07, 6.45) is 3.79. The van der Waals surface area contributed by atoms with E-state index >= 15 is 0 Å². The van der Waals surface area contributed by atoms with E-state index in [9.17, 15) is 0 Å². The Morgan fingerprint density at radius 2 is 2.12 bits per heavy atom. The molecule has 17 heavy (non-hydrogen) atoms. The maximum atomic E-state index is 4.22. The van der Waals surface area contributed by atoms with Crippen LogP contribution in [0.5, 0.6) is 0 Å². The zero-order valence-electron chi connectivity index (χ0n) is 10.8. The Bertz CT molecular complexity index is 392. The molecule has 1 fully saturated rings. The summed E-state index contributed by atoms with van der Waals surface area (Å²) in [6, 6.07) is 2.15. The molecular weight excluding hydrogens is 278 g/mol. The fourth-order valence-electron chi connectivity index (χ4n) is 2.28. The number of piperazine rings is 1. The second kappa shape index (κ2) is 5.04. The monoisotopic (exact) mass is 297 g/mol. The molecule has 0 radical (unpaired) electrons. The summed E-state index contributed by atoms with van der Waals surface area (Å²) in [5, 5.41) is 0. The van der Waals surface area contributed by atoms with E-state index in [0.29, 0.717) is 0 Å². The van der Waals surface area contributed by atoms with Crippen LogP contribution in [0.25, 0.3) is 0 Å². The zero-order valence-corrected chi connectivity index (χ0v) is 12.4. The van der Waals surface area contributed by atoms with Crippen molar-refractivity contribution in [2.24, 2.45) is 0 Å². The molecule has 0 bridgehead atoms. The van der Waals surface area contributed by atoms with Crippen molar-refractivity contribution in [3.63, 3.8) is 0 Å². The van der Waals surface area contributed by atoms with Crippen LogP contribution in [0.15, 0.2) is 22.9 Å². The van der Waals surface area contributed by atoms with Crippen LogP contribution < -0.4 is 0 Å². The SMILES string of the molecule is CN1CCN(Cc2cncc(Br)c2)CC1(C)C. The molecule has 1 aromatic heterocycles. The van der Waals surface area contributed by atoms with E-state index in [4.69, 9.17) is 0 Å². The van der Waals surface area contributed by atoms with Gasteiger partial charge in [0, 0.05) is 48.6 Å². The molecule has 1 aliphatic heterocycles. The van der Waals surface area contributed by atoms with Crippen LogP contribution in [-0.4, -0.2) is 47.0 Å². The summed E-state index contributed by atoms with van der Waals surface area (Å²) in [4.78, 5) is 9.15. The molecule has 2 heterocycles. The maximum Gasteiger partial charge on any atom is 0.0410 e. The first-order valence-corrected chi connectivity index (χ1v) is 6.80. The Morgan fingerprint density at radius 1 is 1.35 bits per heavy atom. The fourth-order valence-corrected chi connectivity index (χ4v) is 2.69. The van der Waals surface area contributed by atoms with E-state index in [2.05, 4.69) is 57.7 Å². The second-order valence-electron chi connectivity index (χ2n) is 5.46. The second-order valence-corrected chi connectivity index (χ2v) is 6.37. The standard InChI is InChI=1S/C13H20BrN3/c1-13(2)10-17(5-4-16(13)3)9-11-6-12(14)8-15-7-11/h6-8H,4-5,9-10H2,1-3H3. The third-order valence-electron chi connectivity index (χ3n) is 3.56. The van der Waals surface area contributed by atoms with Crippen LogP contribution in [0.1, 0.15) is 19.4 Å². The minimum absolute atomic E-state index is 0.262. The van der Waals surface area contributed by atoms with E-state index in [1.807, 2.05) is 12.4 Å². The third-order valence-corrected chi connectivity index (χ3v) is 4.00. The molecule has 0 spiro atoms. The lowest BCUT2D eigenvalue weighted by molar-refractivity contribution is 0.0359. The van der Waals surface area contributed by atoms with Gasteiger partial charge in [-0.25, -0.2) is 0 Å². The number of hydrogen-bond donors (Lipinski definition) is 0. The summed E-state index contributed by atoms with van der Waals surface area (Å²) >= 11 is 3.47. The highest BCUT2D eigenvalue weighted by Crippen LogP contribution is 2.20. The van der Waals surface area contributed by atoms with Gasteiger partial charge in [0.15, 0.2) is 0 Å². The predicted molar refractivity (Wildman–Crippen MR) is 73.9 cm³/mol. The Hall–Kier alpha value is -0.450. The number of hydrogen-bond acceptors (Lipinski definition) is 3. The Labute approximate surface area is 112 Å². The summed E-state index contributed by atoms with van der Waals surface area (Å²) in [5.74, 6) is 0. The molecule has 0 atom stereocenters. The van der Waals surface area contributed by atoms with Gasteiger partial charge in [-0.1, -0.05) is 0 Å². The first-order chi connectivity index (χ1) is 7.97. The Balaban J connectivity index is 2.01. The highest BCUT2D eigenvalue weighted by molar-refractivity contribution is 9.10. The molecule has 0 unspecified atom stereocenters. The highest BCUT2D eigenvalue weighted by atomic mass is 79.9. The molecule has 1 aromatic rings. The number of nitrogens with zero attached hydrogens (tertiary/aromatic N) is 3. The molecular formula is C13H20BrN3. The van der Waals surface area contributed by atoms with E-state index in [1.54, 1.807) is 0 Å². The summed E-state index contributed by atoms with van der Waals surface area (Å²) in [6.45, 7) is 8.97. The molecule has 1 aliphatic rings. The largest absolute Gasteiger partial charge is 0.299 e. The first kappa shape index (κ1) is 13.0. The maximum absolute atomic E-state index is 4.22. The van der Waals surface area contributed by atoms with Gasteiger partial charge in [0.25, 0.3) is 0 Å². The van der Waals surface area contributed by atoms with Gasteiger partial charge in [-0.15, -0.1) is 0 Å². The van der Waals surface area contributed by atoms with Gasteiger partial charge in [0.2, 0.25) is 0 Å². The summed E-state index contributed by atoms with van der Waals surface area (Å²) in [7, 11) is 2.21. The van der Waals surface area contributed by atoms with Gasteiger partial charge in [-0.3, -0.25) is 14.8 Å². The lowest BCUT2D eigenvalue weighted by Gasteiger charge is -2.45. The van der Waals surface area contributed by atoms with Crippen molar-refractivity contribution in [3.05, 3.63) is 28.5 Å². The first-order valence-electron chi connectivity index (χ1n) is 6.00. The van der Waals surface area contributed by atoms with Crippen LogP contribution in [0.4, 0.5) is 0 Å². The minimum Gasteiger partial charge on any atom is -0.299 e. The van der Waals surface area contributed by atoms with Crippen LogP contribution in [-0.2, 0) is 6.54 Å². The third kappa shape index (κ3) is 3.27. The topological polar surface area (TPSA) is 19.4 Å². The van der Waals surface area contributed by atoms with Crippen LogP contribution in [0, 0.1) is 0 Å². The molecule has 3 nitrogen and oxygen atoms in total. The smallest absolute Gasteiger partial charge is 0.0410 e. The number of halogens is 1. The average Bonchev–Trinajstić information content (AvgIpc) is 2.23. The van der Waals surface area contributed by atoms with Crippen molar-refractivity contribution in [2.75, 3.05) is 26.7 Å². The van der Waals surface area contributed by atoms with Gasteiger partial charge in [0.05, 0.1) is 0 Å². The molecule has 0 aromatic carbocycles. The van der Waals surface area contributed by atoms with Crippen molar-refractivity contribution >= 4 is 15.9 Å². The molecule has 0 aliphatic carbocycles. The van der Waals surface area contributed by atoms with Crippen molar-refractivity contribution in [3.8, 4) is 0 Å². The highest BCUT2D eigenvalue weighted by Gasteiger charge is 2.30. The lowest BCUT2D eigenvalue weighted by Crippen LogP contribution is -2.57. The van der Waals surface area contributed by atoms with Crippen LogP contribution in [0.3, 0.4) is 0 Å². The minimum atomic E-state index is 0.262. The van der Waals surface area contributed by atoms with E-state index < -0.39 is 0 Å². The lowest BCUT2D eigenvalue weighted by atomic mass is 9.99. The van der Waals surface area contributed by atoms with E-state index in [0.717, 1.165) is 30.7 Å². The van der Waals surface area contributed by atoms with E-state index in [-0.39, 0.29) is 5.54 Å². The summed E-state index contributed by atoms with van der Waals surface area (Å²) in [5.41, 5.74) is 1.54. The van der Waals surface area contributed by atoms with Crippen molar-refractivity contribution in [1.82, 2.24) is 14.8 Å². The molecule has 0 N–H and O–H groups in total. The quantitative estimate of drug-likeness (QED) is 0.835. The Morgan fingerprint density at radius 3 is 2.76 bits per heavy atom. The molecule has 0 amide bonds. The van der Waals surface area contributed by atoms with Crippen molar-refractivity contribution < 1.29 is 0 Å². The fraction of sp³-hybridized carbons (Fsp3) is 0.615.